The lowest BCUT2D eigenvalue weighted by atomic mass is 10.1. The predicted octanol–water partition coefficient (Wildman–Crippen LogP) is 3.42. The Balaban J connectivity index is 1.33. The molecule has 1 fully saturated rings. The van der Waals surface area contributed by atoms with Gasteiger partial charge in [-0.15, -0.1) is 0 Å². The average molecular weight is 445 g/mol. The fourth-order valence-corrected chi connectivity index (χ4v) is 4.15. The molecule has 2 aromatic rings. The molecule has 2 aliphatic rings. The second kappa shape index (κ2) is 8.53. The summed E-state index contributed by atoms with van der Waals surface area (Å²) in [6.45, 7) is 7.37. The van der Waals surface area contributed by atoms with Crippen LogP contribution in [0.25, 0.3) is 0 Å². The van der Waals surface area contributed by atoms with Crippen LogP contribution in [0.5, 0.6) is 11.5 Å². The third-order valence-corrected chi connectivity index (χ3v) is 6.17. The predicted molar refractivity (Wildman–Crippen MR) is 112 cm³/mol. The van der Waals surface area contributed by atoms with E-state index in [4.69, 9.17) is 9.47 Å². The summed E-state index contributed by atoms with van der Waals surface area (Å²) >= 11 is 3.65. The number of nitrogens with zero attached hydrogens (tertiary/aromatic N) is 2. The number of hydrogen-bond acceptors (Lipinski definition) is 4. The molecule has 6 heteroatoms. The molecule has 0 bridgehead atoms. The van der Waals surface area contributed by atoms with Gasteiger partial charge < -0.3 is 14.4 Å². The Morgan fingerprint density at radius 2 is 1.68 bits per heavy atom. The second-order valence-corrected chi connectivity index (χ2v) is 8.20. The quantitative estimate of drug-likeness (QED) is 0.724. The fourth-order valence-electron chi connectivity index (χ4n) is 3.71. The van der Waals surface area contributed by atoms with E-state index in [0.717, 1.165) is 54.3 Å². The summed E-state index contributed by atoms with van der Waals surface area (Å²) in [5.74, 6) is 1.83. The van der Waals surface area contributed by atoms with Crippen LogP contribution < -0.4 is 9.47 Å². The standard InChI is InChI=1S/C22H25BrN2O3/c1-16-4-2-3-5-17(16)13-22(26)25-8-6-24(7-9-25)15-18-12-20-21(14-19(18)23)28-11-10-27-20/h2-5,12,14H,6-11,13,15H2,1H3. The summed E-state index contributed by atoms with van der Waals surface area (Å²) < 4.78 is 12.4. The molecule has 0 spiro atoms. The van der Waals surface area contributed by atoms with E-state index >= 15 is 0 Å². The van der Waals surface area contributed by atoms with E-state index in [-0.39, 0.29) is 5.91 Å². The first-order chi connectivity index (χ1) is 13.6. The van der Waals surface area contributed by atoms with Crippen LogP contribution >= 0.6 is 15.9 Å². The summed E-state index contributed by atoms with van der Waals surface area (Å²) in [5.41, 5.74) is 3.48. The van der Waals surface area contributed by atoms with Crippen molar-refractivity contribution in [1.29, 1.82) is 0 Å². The van der Waals surface area contributed by atoms with Gasteiger partial charge in [0.05, 0.1) is 6.42 Å². The molecule has 0 atom stereocenters. The van der Waals surface area contributed by atoms with Gasteiger partial charge in [-0.25, -0.2) is 0 Å². The van der Waals surface area contributed by atoms with Crippen LogP contribution in [0.15, 0.2) is 40.9 Å². The minimum Gasteiger partial charge on any atom is -0.486 e. The third-order valence-electron chi connectivity index (χ3n) is 5.43. The van der Waals surface area contributed by atoms with Gasteiger partial charge in [-0.05, 0) is 35.7 Å². The molecular formula is C22H25BrN2O3. The van der Waals surface area contributed by atoms with Crippen molar-refractivity contribution in [3.8, 4) is 11.5 Å². The smallest absolute Gasteiger partial charge is 0.227 e. The van der Waals surface area contributed by atoms with E-state index in [2.05, 4.69) is 39.9 Å². The zero-order valence-corrected chi connectivity index (χ0v) is 17.7. The summed E-state index contributed by atoms with van der Waals surface area (Å²) in [6, 6.07) is 12.2. The molecule has 2 aromatic carbocycles. The highest BCUT2D eigenvalue weighted by Crippen LogP contribution is 2.36. The van der Waals surface area contributed by atoms with Crippen LogP contribution in [-0.4, -0.2) is 55.1 Å². The van der Waals surface area contributed by atoms with Crippen LogP contribution in [0.2, 0.25) is 0 Å². The van der Waals surface area contributed by atoms with Gasteiger partial charge in [0.1, 0.15) is 13.2 Å². The van der Waals surface area contributed by atoms with Crippen LogP contribution in [0.4, 0.5) is 0 Å². The van der Waals surface area contributed by atoms with Crippen molar-refractivity contribution in [1.82, 2.24) is 9.80 Å². The molecule has 2 heterocycles. The number of piperazine rings is 1. The molecule has 148 valence electrons. The first-order valence-corrected chi connectivity index (χ1v) is 10.5. The molecule has 0 N–H and O–H groups in total. The van der Waals surface area contributed by atoms with Crippen molar-refractivity contribution in [2.75, 3.05) is 39.4 Å². The van der Waals surface area contributed by atoms with Gasteiger partial charge in [0.15, 0.2) is 11.5 Å². The Labute approximate surface area is 174 Å². The SMILES string of the molecule is Cc1ccccc1CC(=O)N1CCN(Cc2cc3c(cc2Br)OCCO3)CC1. The Morgan fingerprint density at radius 3 is 2.39 bits per heavy atom. The lowest BCUT2D eigenvalue weighted by Gasteiger charge is -2.35. The van der Waals surface area contributed by atoms with Crippen LogP contribution in [0, 0.1) is 6.92 Å². The van der Waals surface area contributed by atoms with E-state index in [1.165, 1.54) is 11.1 Å². The molecule has 0 aliphatic carbocycles. The van der Waals surface area contributed by atoms with Gasteiger partial charge in [0.2, 0.25) is 5.91 Å². The normalized spacial score (nSPS) is 16.9. The minimum absolute atomic E-state index is 0.217. The molecule has 0 saturated carbocycles. The minimum atomic E-state index is 0.217. The Kier molecular flexibility index (Phi) is 5.87. The lowest BCUT2D eigenvalue weighted by Crippen LogP contribution is -2.48. The van der Waals surface area contributed by atoms with Gasteiger partial charge in [-0.3, -0.25) is 9.69 Å². The number of carbonyl (C=O) groups is 1. The van der Waals surface area contributed by atoms with Crippen molar-refractivity contribution >= 4 is 21.8 Å². The van der Waals surface area contributed by atoms with Crippen molar-refractivity contribution < 1.29 is 14.3 Å². The van der Waals surface area contributed by atoms with E-state index < -0.39 is 0 Å². The van der Waals surface area contributed by atoms with Gasteiger partial charge in [0, 0.05) is 37.2 Å². The number of carbonyl (C=O) groups excluding carboxylic acids is 1. The Bertz CT molecular complexity index is 863. The highest BCUT2D eigenvalue weighted by Gasteiger charge is 2.23. The Hall–Kier alpha value is -2.05. The average Bonchev–Trinajstić information content (AvgIpc) is 2.71. The van der Waals surface area contributed by atoms with E-state index in [0.29, 0.717) is 19.6 Å². The molecule has 4 rings (SSSR count). The van der Waals surface area contributed by atoms with Crippen molar-refractivity contribution in [2.45, 2.75) is 19.9 Å². The highest BCUT2D eigenvalue weighted by atomic mass is 79.9. The van der Waals surface area contributed by atoms with Crippen molar-refractivity contribution in [2.24, 2.45) is 0 Å². The highest BCUT2D eigenvalue weighted by molar-refractivity contribution is 9.10. The van der Waals surface area contributed by atoms with Gasteiger partial charge in [-0.1, -0.05) is 40.2 Å². The van der Waals surface area contributed by atoms with Gasteiger partial charge >= 0.3 is 0 Å². The van der Waals surface area contributed by atoms with E-state index in [1.807, 2.05) is 29.2 Å². The number of fused-ring (bicyclic) bond motifs is 1. The second-order valence-electron chi connectivity index (χ2n) is 7.35. The third kappa shape index (κ3) is 4.33. The largest absolute Gasteiger partial charge is 0.486 e. The molecule has 0 aromatic heterocycles. The maximum absolute atomic E-state index is 12.7. The molecule has 2 aliphatic heterocycles. The number of aryl methyl sites for hydroxylation is 1. The van der Waals surface area contributed by atoms with Gasteiger partial charge in [0.25, 0.3) is 0 Å². The number of amides is 1. The van der Waals surface area contributed by atoms with Gasteiger partial charge in [-0.2, -0.15) is 0 Å². The fraction of sp³-hybridized carbons (Fsp3) is 0.409. The number of benzene rings is 2. The van der Waals surface area contributed by atoms with E-state index in [9.17, 15) is 4.79 Å². The Morgan fingerprint density at radius 1 is 1.00 bits per heavy atom. The van der Waals surface area contributed by atoms with Crippen molar-refractivity contribution in [3.63, 3.8) is 0 Å². The lowest BCUT2D eigenvalue weighted by molar-refractivity contribution is -0.132. The van der Waals surface area contributed by atoms with Crippen LogP contribution in [0.1, 0.15) is 16.7 Å². The number of hydrogen-bond donors (Lipinski definition) is 0. The number of rotatable bonds is 4. The van der Waals surface area contributed by atoms with Crippen molar-refractivity contribution in [3.05, 3.63) is 57.6 Å². The zero-order chi connectivity index (χ0) is 19.5. The maximum atomic E-state index is 12.7. The molecule has 28 heavy (non-hydrogen) atoms. The summed E-state index contributed by atoms with van der Waals surface area (Å²) in [4.78, 5) is 17.0. The maximum Gasteiger partial charge on any atom is 0.227 e. The molecule has 0 radical (unpaired) electrons. The molecule has 0 unspecified atom stereocenters. The topological polar surface area (TPSA) is 42.0 Å². The molecule has 1 amide bonds. The molecule has 5 nitrogen and oxygen atoms in total. The summed E-state index contributed by atoms with van der Waals surface area (Å²) in [7, 11) is 0. The summed E-state index contributed by atoms with van der Waals surface area (Å²) in [6.07, 6.45) is 0.486. The molecular weight excluding hydrogens is 420 g/mol. The first-order valence-electron chi connectivity index (χ1n) is 9.73. The molecule has 1 saturated heterocycles. The zero-order valence-electron chi connectivity index (χ0n) is 16.1. The monoisotopic (exact) mass is 444 g/mol. The van der Waals surface area contributed by atoms with Crippen LogP contribution in [0.3, 0.4) is 0 Å². The van der Waals surface area contributed by atoms with Crippen LogP contribution in [-0.2, 0) is 17.8 Å². The first kappa shape index (κ1) is 19.3. The van der Waals surface area contributed by atoms with E-state index in [1.54, 1.807) is 0 Å². The summed E-state index contributed by atoms with van der Waals surface area (Å²) in [5, 5.41) is 0. The number of halogens is 1. The number of ether oxygens (including phenoxy) is 2.